The van der Waals surface area contributed by atoms with Crippen LogP contribution in [0.4, 0.5) is 0 Å². The minimum Gasteiger partial charge on any atom is -0.497 e. The number of nitrogens with one attached hydrogen (secondary N) is 2. The van der Waals surface area contributed by atoms with Gasteiger partial charge in [-0.3, -0.25) is 19.4 Å². The average molecular weight is 415 g/mol. The number of likely N-dealkylation sites (tertiary alicyclic amines) is 1. The van der Waals surface area contributed by atoms with Crippen molar-refractivity contribution in [1.29, 1.82) is 0 Å². The van der Waals surface area contributed by atoms with Crippen molar-refractivity contribution in [2.45, 2.75) is 56.8 Å². The van der Waals surface area contributed by atoms with Crippen LogP contribution in [0.5, 0.6) is 5.75 Å². The van der Waals surface area contributed by atoms with Gasteiger partial charge >= 0.3 is 0 Å². The number of rotatable bonds is 8. The Morgan fingerprint density at radius 3 is 2.70 bits per heavy atom. The van der Waals surface area contributed by atoms with Gasteiger partial charge < -0.3 is 15.4 Å². The van der Waals surface area contributed by atoms with Gasteiger partial charge in [-0.15, -0.1) is 0 Å². The van der Waals surface area contributed by atoms with Gasteiger partial charge in [-0.1, -0.05) is 12.1 Å². The number of fused-ring (bicyclic) bond motifs is 1. The monoisotopic (exact) mass is 414 g/mol. The molecule has 1 aliphatic carbocycles. The predicted octanol–water partition coefficient (Wildman–Crippen LogP) is 1.37. The van der Waals surface area contributed by atoms with Crippen LogP contribution in [-0.4, -0.2) is 73.5 Å². The van der Waals surface area contributed by atoms with Gasteiger partial charge in [0.25, 0.3) is 0 Å². The summed E-state index contributed by atoms with van der Waals surface area (Å²) >= 11 is 0. The highest BCUT2D eigenvalue weighted by Crippen LogP contribution is 2.34. The van der Waals surface area contributed by atoms with Crippen molar-refractivity contribution in [3.63, 3.8) is 0 Å². The van der Waals surface area contributed by atoms with Crippen LogP contribution in [0.1, 0.15) is 37.7 Å². The molecule has 3 atom stereocenters. The molecule has 1 saturated carbocycles. The number of benzene rings is 1. The van der Waals surface area contributed by atoms with Gasteiger partial charge in [0, 0.05) is 44.7 Å². The van der Waals surface area contributed by atoms with Gasteiger partial charge in [0.1, 0.15) is 11.8 Å². The summed E-state index contributed by atoms with van der Waals surface area (Å²) in [6.07, 6.45) is 4.85. The van der Waals surface area contributed by atoms with E-state index in [-0.39, 0.29) is 29.9 Å². The zero-order valence-electron chi connectivity index (χ0n) is 18.1. The molecule has 2 N–H and O–H groups in total. The van der Waals surface area contributed by atoms with Crippen LogP contribution in [0.3, 0.4) is 0 Å². The second-order valence-corrected chi connectivity index (χ2v) is 8.97. The minimum atomic E-state index is -0.0375. The summed E-state index contributed by atoms with van der Waals surface area (Å²) in [7, 11) is 3.76. The number of nitrogens with zero attached hydrogens (tertiary/aromatic N) is 2. The molecule has 164 valence electrons. The maximum atomic E-state index is 12.8. The fourth-order valence-electron chi connectivity index (χ4n) is 4.82. The summed E-state index contributed by atoms with van der Waals surface area (Å²) in [5.74, 6) is 1.81. The Hall–Kier alpha value is -2.12. The van der Waals surface area contributed by atoms with Crippen molar-refractivity contribution in [1.82, 2.24) is 20.4 Å². The third-order valence-electron chi connectivity index (χ3n) is 6.89. The van der Waals surface area contributed by atoms with Crippen LogP contribution < -0.4 is 15.4 Å². The zero-order chi connectivity index (χ0) is 21.1. The van der Waals surface area contributed by atoms with E-state index in [1.165, 1.54) is 12.8 Å². The van der Waals surface area contributed by atoms with E-state index in [0.29, 0.717) is 19.5 Å². The van der Waals surface area contributed by atoms with Gasteiger partial charge in [-0.05, 0) is 56.3 Å². The molecule has 4 rings (SSSR count). The van der Waals surface area contributed by atoms with Gasteiger partial charge in [-0.2, -0.15) is 0 Å². The molecule has 1 aromatic carbocycles. The van der Waals surface area contributed by atoms with E-state index >= 15 is 0 Å². The zero-order valence-corrected chi connectivity index (χ0v) is 18.1. The summed E-state index contributed by atoms with van der Waals surface area (Å²) in [4.78, 5) is 29.9. The lowest BCUT2D eigenvalue weighted by Crippen LogP contribution is -2.50. The highest BCUT2D eigenvalue weighted by molar-refractivity contribution is 5.83. The number of hydrogen-bond donors (Lipinski definition) is 2. The molecule has 3 aliphatic rings. The normalized spacial score (nSPS) is 27.3. The average Bonchev–Trinajstić information content (AvgIpc) is 3.49. The topological polar surface area (TPSA) is 73.9 Å². The predicted molar refractivity (Wildman–Crippen MR) is 115 cm³/mol. The highest BCUT2D eigenvalue weighted by Gasteiger charge is 2.46. The Morgan fingerprint density at radius 2 is 2.00 bits per heavy atom. The molecule has 2 aliphatic heterocycles. The number of hydrogen-bond acceptors (Lipinski definition) is 5. The summed E-state index contributed by atoms with van der Waals surface area (Å²) < 4.78 is 5.16. The molecule has 1 aromatic rings. The number of carbonyl (C=O) groups is 2. The Kier molecular flexibility index (Phi) is 6.58. The molecule has 0 unspecified atom stereocenters. The van der Waals surface area contributed by atoms with Crippen molar-refractivity contribution in [3.8, 4) is 5.75 Å². The quantitative estimate of drug-likeness (QED) is 0.672. The van der Waals surface area contributed by atoms with Gasteiger partial charge in [0.2, 0.25) is 11.8 Å². The molecule has 30 heavy (non-hydrogen) atoms. The first-order valence-corrected chi connectivity index (χ1v) is 11.2. The molecule has 2 heterocycles. The van der Waals surface area contributed by atoms with E-state index in [2.05, 4.69) is 27.5 Å². The third-order valence-corrected chi connectivity index (χ3v) is 6.89. The summed E-state index contributed by atoms with van der Waals surface area (Å²) in [6, 6.07) is 8.12. The van der Waals surface area contributed by atoms with Crippen LogP contribution >= 0.6 is 0 Å². The number of amides is 2. The molecule has 2 saturated heterocycles. The molecule has 7 heteroatoms. The Bertz CT molecular complexity index is 749. The van der Waals surface area contributed by atoms with Crippen LogP contribution in [-0.2, 0) is 16.1 Å². The van der Waals surface area contributed by atoms with E-state index in [4.69, 9.17) is 4.74 Å². The molecule has 0 aromatic heterocycles. The third kappa shape index (κ3) is 4.95. The molecular formula is C23H34N4O3. The molecule has 3 fully saturated rings. The lowest BCUT2D eigenvalue weighted by Gasteiger charge is -2.33. The van der Waals surface area contributed by atoms with Crippen molar-refractivity contribution >= 4 is 11.8 Å². The van der Waals surface area contributed by atoms with E-state index in [0.717, 1.165) is 43.2 Å². The van der Waals surface area contributed by atoms with E-state index in [9.17, 15) is 9.59 Å². The molecule has 0 spiro atoms. The molecule has 7 nitrogen and oxygen atoms in total. The Labute approximate surface area is 179 Å². The second kappa shape index (κ2) is 9.35. The first-order chi connectivity index (χ1) is 14.5. The van der Waals surface area contributed by atoms with Crippen LogP contribution in [0.2, 0.25) is 0 Å². The Balaban J connectivity index is 1.26. The van der Waals surface area contributed by atoms with Crippen LogP contribution in [0, 0.1) is 5.92 Å². The molecular weight excluding hydrogens is 380 g/mol. The lowest BCUT2D eigenvalue weighted by atomic mass is 10.0. The van der Waals surface area contributed by atoms with Crippen molar-refractivity contribution in [2.24, 2.45) is 5.92 Å². The molecule has 0 bridgehead atoms. The SMILES string of the molecule is COc1ccc(CNC(=O)CC[C@H]2CNC(=O)[C@@H]3[C@@H](CCN3CC3CC3)N2C)cc1. The number of likely N-dealkylation sites (N-methyl/N-ethyl adjacent to an activating group) is 1. The fourth-order valence-corrected chi connectivity index (χ4v) is 4.82. The second-order valence-electron chi connectivity index (χ2n) is 8.97. The first kappa shape index (κ1) is 21.1. The number of ether oxygens (including phenoxy) is 1. The fraction of sp³-hybridized carbons (Fsp3) is 0.652. The molecule has 0 radical (unpaired) electrons. The van der Waals surface area contributed by atoms with Gasteiger partial charge in [0.15, 0.2) is 0 Å². The van der Waals surface area contributed by atoms with Crippen LogP contribution in [0.15, 0.2) is 24.3 Å². The van der Waals surface area contributed by atoms with E-state index in [1.807, 2.05) is 24.3 Å². The summed E-state index contributed by atoms with van der Waals surface area (Å²) in [5, 5.41) is 6.15. The van der Waals surface area contributed by atoms with Crippen molar-refractivity contribution in [3.05, 3.63) is 29.8 Å². The maximum Gasteiger partial charge on any atom is 0.239 e. The van der Waals surface area contributed by atoms with Crippen LogP contribution in [0.25, 0.3) is 0 Å². The van der Waals surface area contributed by atoms with Gasteiger partial charge in [-0.25, -0.2) is 0 Å². The Morgan fingerprint density at radius 1 is 1.23 bits per heavy atom. The first-order valence-electron chi connectivity index (χ1n) is 11.2. The molecule has 2 amide bonds. The van der Waals surface area contributed by atoms with Crippen molar-refractivity contribution < 1.29 is 14.3 Å². The maximum absolute atomic E-state index is 12.8. The van der Waals surface area contributed by atoms with Gasteiger partial charge in [0.05, 0.1) is 7.11 Å². The van der Waals surface area contributed by atoms with Crippen molar-refractivity contribution in [2.75, 3.05) is 33.8 Å². The highest BCUT2D eigenvalue weighted by atomic mass is 16.5. The standard InChI is InChI=1S/C23H34N4O3/c1-26-18(7-10-21(28)24-13-16-5-8-19(30-2)9-6-16)14-25-23(29)22-20(26)11-12-27(22)15-17-3-4-17/h5-6,8-9,17-18,20,22H,3-4,7,10-15H2,1-2H3,(H,24,28)(H,25,29)/t18-,20+,22-/m0/s1. The summed E-state index contributed by atoms with van der Waals surface area (Å²) in [6.45, 7) is 3.19. The number of carbonyl (C=O) groups excluding carboxylic acids is 2. The van der Waals surface area contributed by atoms with E-state index < -0.39 is 0 Å². The number of methoxy groups -OCH3 is 1. The smallest absolute Gasteiger partial charge is 0.239 e. The lowest BCUT2D eigenvalue weighted by molar-refractivity contribution is -0.126. The van der Waals surface area contributed by atoms with E-state index in [1.54, 1.807) is 7.11 Å². The minimum absolute atomic E-state index is 0.0375. The summed E-state index contributed by atoms with van der Waals surface area (Å²) in [5.41, 5.74) is 1.05. The largest absolute Gasteiger partial charge is 0.497 e.